The van der Waals surface area contributed by atoms with Gasteiger partial charge in [0, 0.05) is 17.4 Å². The van der Waals surface area contributed by atoms with Crippen LogP contribution in [0, 0.1) is 6.92 Å². The summed E-state index contributed by atoms with van der Waals surface area (Å²) in [6.45, 7) is 5.00. The molecular weight excluding hydrogens is 422 g/mol. The zero-order valence-corrected chi connectivity index (χ0v) is 18.3. The van der Waals surface area contributed by atoms with Crippen molar-refractivity contribution in [1.29, 1.82) is 0 Å². The molecule has 6 nitrogen and oxygen atoms in total. The van der Waals surface area contributed by atoms with Gasteiger partial charge in [0.2, 0.25) is 5.91 Å². The molecule has 0 radical (unpaired) electrons. The second-order valence-electron chi connectivity index (χ2n) is 6.94. The lowest BCUT2D eigenvalue weighted by Gasteiger charge is -2.21. The average Bonchev–Trinajstić information content (AvgIpc) is 3.22. The van der Waals surface area contributed by atoms with E-state index in [4.69, 9.17) is 21.1 Å². The monoisotopic (exact) mass is 443 g/mol. The second-order valence-corrected chi connectivity index (χ2v) is 8.29. The van der Waals surface area contributed by atoms with Crippen molar-refractivity contribution in [2.75, 3.05) is 19.0 Å². The molecule has 2 aromatic carbocycles. The van der Waals surface area contributed by atoms with Gasteiger partial charge in [-0.05, 0) is 49.2 Å². The van der Waals surface area contributed by atoms with Gasteiger partial charge in [-0.3, -0.25) is 9.36 Å². The number of carbonyl (C=O) groups excluding carboxylic acids is 1. The number of thioether (sulfide) groups is 1. The summed E-state index contributed by atoms with van der Waals surface area (Å²) in [5.41, 5.74) is 2.89. The lowest BCUT2D eigenvalue weighted by atomic mass is 10.1. The highest BCUT2D eigenvalue weighted by Gasteiger charge is 2.17. The van der Waals surface area contributed by atoms with Crippen molar-refractivity contribution in [3.63, 3.8) is 0 Å². The van der Waals surface area contributed by atoms with Crippen LogP contribution in [0.2, 0.25) is 5.02 Å². The van der Waals surface area contributed by atoms with Crippen molar-refractivity contribution < 1.29 is 14.3 Å². The third kappa shape index (κ3) is 4.42. The summed E-state index contributed by atoms with van der Waals surface area (Å²) < 4.78 is 13.1. The molecule has 8 heteroatoms. The molecule has 1 N–H and O–H groups in total. The zero-order valence-electron chi connectivity index (χ0n) is 16.7. The van der Waals surface area contributed by atoms with E-state index in [0.29, 0.717) is 24.0 Å². The minimum absolute atomic E-state index is 0.0697. The SMILES string of the molecule is Cc1c(Cl)cccc1-n1ccnc1SCC(=O)NC(C)c1ccc2c(c1)OCCO2. The first-order valence-corrected chi connectivity index (χ1v) is 11.0. The number of hydrogen-bond donors (Lipinski definition) is 1. The quantitative estimate of drug-likeness (QED) is 0.565. The number of rotatable bonds is 6. The molecule has 1 atom stereocenters. The molecule has 2 heterocycles. The standard InChI is InChI=1S/C22H22ClN3O3S/c1-14-17(23)4-3-5-18(14)26-9-8-24-22(26)30-13-21(27)25-15(2)16-6-7-19-20(12-16)29-11-10-28-19/h3-9,12,15H,10-11,13H2,1-2H3,(H,25,27). The largest absolute Gasteiger partial charge is 0.486 e. The van der Waals surface area contributed by atoms with Crippen LogP contribution in [0.1, 0.15) is 24.1 Å². The summed E-state index contributed by atoms with van der Waals surface area (Å²) in [7, 11) is 0. The normalized spacial score (nSPS) is 13.7. The Bertz CT molecular complexity index is 1070. The number of amides is 1. The number of nitrogens with zero attached hydrogens (tertiary/aromatic N) is 2. The Morgan fingerprint density at radius 1 is 1.27 bits per heavy atom. The Balaban J connectivity index is 1.39. The first-order valence-electron chi connectivity index (χ1n) is 9.63. The van der Waals surface area contributed by atoms with E-state index in [2.05, 4.69) is 10.3 Å². The van der Waals surface area contributed by atoms with E-state index in [9.17, 15) is 4.79 Å². The minimum atomic E-state index is -0.149. The van der Waals surface area contributed by atoms with Gasteiger partial charge in [-0.15, -0.1) is 0 Å². The number of aromatic nitrogens is 2. The van der Waals surface area contributed by atoms with Gasteiger partial charge in [-0.25, -0.2) is 4.98 Å². The van der Waals surface area contributed by atoms with Gasteiger partial charge in [-0.1, -0.05) is 35.5 Å². The Morgan fingerprint density at radius 2 is 2.07 bits per heavy atom. The van der Waals surface area contributed by atoms with E-state index in [1.807, 2.05) is 61.0 Å². The predicted molar refractivity (Wildman–Crippen MR) is 118 cm³/mol. The van der Waals surface area contributed by atoms with Crippen LogP contribution in [0.25, 0.3) is 5.69 Å². The minimum Gasteiger partial charge on any atom is -0.486 e. The molecule has 0 spiro atoms. The van der Waals surface area contributed by atoms with Crippen molar-refractivity contribution in [3.05, 3.63) is 64.9 Å². The highest BCUT2D eigenvalue weighted by atomic mass is 35.5. The average molecular weight is 444 g/mol. The summed E-state index contributed by atoms with van der Waals surface area (Å²) in [5, 5.41) is 4.47. The van der Waals surface area contributed by atoms with E-state index in [-0.39, 0.29) is 17.7 Å². The van der Waals surface area contributed by atoms with Crippen LogP contribution in [0.5, 0.6) is 11.5 Å². The van der Waals surface area contributed by atoms with Gasteiger partial charge >= 0.3 is 0 Å². The van der Waals surface area contributed by atoms with Gasteiger partial charge < -0.3 is 14.8 Å². The Hall–Kier alpha value is -2.64. The molecule has 4 rings (SSSR count). The fraction of sp³-hybridized carbons (Fsp3) is 0.273. The number of halogens is 1. The van der Waals surface area contributed by atoms with E-state index < -0.39 is 0 Å². The van der Waals surface area contributed by atoms with Gasteiger partial charge in [0.15, 0.2) is 16.7 Å². The second kappa shape index (κ2) is 9.02. The molecule has 1 aliphatic heterocycles. The molecule has 1 unspecified atom stereocenters. The zero-order chi connectivity index (χ0) is 21.1. The van der Waals surface area contributed by atoms with Gasteiger partial charge in [0.1, 0.15) is 13.2 Å². The molecular formula is C22H22ClN3O3S. The molecule has 156 valence electrons. The molecule has 0 saturated carbocycles. The summed E-state index contributed by atoms with van der Waals surface area (Å²) in [5.74, 6) is 1.64. The third-order valence-electron chi connectivity index (χ3n) is 4.88. The summed E-state index contributed by atoms with van der Waals surface area (Å²) >= 11 is 7.63. The number of imidazole rings is 1. The number of carbonyl (C=O) groups is 1. The van der Waals surface area contributed by atoms with Crippen molar-refractivity contribution in [2.24, 2.45) is 0 Å². The fourth-order valence-electron chi connectivity index (χ4n) is 3.26. The van der Waals surface area contributed by atoms with Gasteiger partial charge in [-0.2, -0.15) is 0 Å². The molecule has 0 saturated heterocycles. The Kier molecular flexibility index (Phi) is 6.20. The number of fused-ring (bicyclic) bond motifs is 1. The lowest BCUT2D eigenvalue weighted by Crippen LogP contribution is -2.28. The Morgan fingerprint density at radius 3 is 2.90 bits per heavy atom. The third-order valence-corrected chi connectivity index (χ3v) is 6.26. The Labute approximate surface area is 184 Å². The molecule has 1 aliphatic rings. The van der Waals surface area contributed by atoms with E-state index in [0.717, 1.165) is 27.7 Å². The fourth-order valence-corrected chi connectivity index (χ4v) is 4.21. The van der Waals surface area contributed by atoms with Crippen LogP contribution in [0.3, 0.4) is 0 Å². The molecule has 30 heavy (non-hydrogen) atoms. The van der Waals surface area contributed by atoms with Crippen molar-refractivity contribution in [2.45, 2.75) is 25.0 Å². The molecule has 0 bridgehead atoms. The van der Waals surface area contributed by atoms with Crippen LogP contribution in [0.15, 0.2) is 53.9 Å². The maximum absolute atomic E-state index is 12.5. The highest BCUT2D eigenvalue weighted by Crippen LogP contribution is 2.32. The molecule has 1 amide bonds. The molecule has 0 aliphatic carbocycles. The maximum atomic E-state index is 12.5. The van der Waals surface area contributed by atoms with Crippen LogP contribution < -0.4 is 14.8 Å². The number of ether oxygens (including phenoxy) is 2. The summed E-state index contributed by atoms with van der Waals surface area (Å²) in [6.07, 6.45) is 3.59. The van der Waals surface area contributed by atoms with E-state index in [1.54, 1.807) is 6.20 Å². The van der Waals surface area contributed by atoms with E-state index in [1.165, 1.54) is 11.8 Å². The summed E-state index contributed by atoms with van der Waals surface area (Å²) in [6, 6.07) is 11.3. The van der Waals surface area contributed by atoms with Crippen molar-refractivity contribution in [1.82, 2.24) is 14.9 Å². The molecule has 1 aromatic heterocycles. The first kappa shape index (κ1) is 20.6. The van der Waals surface area contributed by atoms with Gasteiger partial charge in [0.25, 0.3) is 0 Å². The smallest absolute Gasteiger partial charge is 0.230 e. The number of nitrogens with one attached hydrogen (secondary N) is 1. The van der Waals surface area contributed by atoms with Crippen molar-refractivity contribution >= 4 is 29.3 Å². The van der Waals surface area contributed by atoms with E-state index >= 15 is 0 Å². The predicted octanol–water partition coefficient (Wildman–Crippen LogP) is 4.57. The topological polar surface area (TPSA) is 65.4 Å². The van der Waals surface area contributed by atoms with Crippen molar-refractivity contribution in [3.8, 4) is 17.2 Å². The maximum Gasteiger partial charge on any atom is 0.230 e. The highest BCUT2D eigenvalue weighted by molar-refractivity contribution is 7.99. The first-order chi connectivity index (χ1) is 14.5. The lowest BCUT2D eigenvalue weighted by molar-refractivity contribution is -0.119. The van der Waals surface area contributed by atoms with Crippen LogP contribution >= 0.6 is 23.4 Å². The summed E-state index contributed by atoms with van der Waals surface area (Å²) in [4.78, 5) is 16.9. The molecule has 3 aromatic rings. The van der Waals surface area contributed by atoms with Crippen LogP contribution in [-0.2, 0) is 4.79 Å². The van der Waals surface area contributed by atoms with Crippen LogP contribution in [0.4, 0.5) is 0 Å². The molecule has 0 fully saturated rings. The number of benzene rings is 2. The van der Waals surface area contributed by atoms with Gasteiger partial charge in [0.05, 0.1) is 17.5 Å². The number of hydrogen-bond acceptors (Lipinski definition) is 5. The van der Waals surface area contributed by atoms with Crippen LogP contribution in [-0.4, -0.2) is 34.4 Å².